The number of hydrogen-bond acceptors (Lipinski definition) is 4. The maximum absolute atomic E-state index is 13.0. The second-order valence-electron chi connectivity index (χ2n) is 7.34. The van der Waals surface area contributed by atoms with Gasteiger partial charge in [-0.3, -0.25) is 9.78 Å². The fourth-order valence-corrected chi connectivity index (χ4v) is 5.26. The summed E-state index contributed by atoms with van der Waals surface area (Å²) in [4.78, 5) is 16.6. The first kappa shape index (κ1) is 19.5. The highest BCUT2D eigenvalue weighted by atomic mass is 32.2. The van der Waals surface area contributed by atoms with Gasteiger partial charge >= 0.3 is 0 Å². The van der Waals surface area contributed by atoms with E-state index in [1.807, 2.05) is 6.07 Å². The van der Waals surface area contributed by atoms with E-state index in [9.17, 15) is 13.2 Å². The minimum absolute atomic E-state index is 0.165. The number of nitrogens with zero attached hydrogens (tertiary/aromatic N) is 2. The average molecular weight is 388 g/mol. The van der Waals surface area contributed by atoms with E-state index in [4.69, 9.17) is 0 Å². The van der Waals surface area contributed by atoms with Crippen molar-refractivity contribution in [3.05, 3.63) is 59.9 Å². The van der Waals surface area contributed by atoms with Crippen molar-refractivity contribution in [2.24, 2.45) is 11.8 Å². The third kappa shape index (κ3) is 4.73. The van der Waals surface area contributed by atoms with Crippen LogP contribution in [0.25, 0.3) is 0 Å². The fraction of sp³-hybridized carbons (Fsp3) is 0.400. The zero-order chi connectivity index (χ0) is 19.4. The summed E-state index contributed by atoms with van der Waals surface area (Å²) in [6.45, 7) is 5.51. The maximum atomic E-state index is 13.0. The van der Waals surface area contributed by atoms with Gasteiger partial charge in [-0.05, 0) is 48.1 Å². The molecule has 0 radical (unpaired) electrons. The number of sulfonamides is 1. The van der Waals surface area contributed by atoms with Gasteiger partial charge in [-0.1, -0.05) is 26.0 Å². The summed E-state index contributed by atoms with van der Waals surface area (Å²) in [5.74, 6) is 0.347. The third-order valence-corrected chi connectivity index (χ3v) is 6.57. The Morgan fingerprint density at radius 2 is 1.93 bits per heavy atom. The molecule has 27 heavy (non-hydrogen) atoms. The van der Waals surface area contributed by atoms with Crippen molar-refractivity contribution in [1.29, 1.82) is 0 Å². The highest BCUT2D eigenvalue weighted by Gasteiger charge is 2.31. The summed E-state index contributed by atoms with van der Waals surface area (Å²) >= 11 is 0. The van der Waals surface area contributed by atoms with Crippen LogP contribution in [0.1, 0.15) is 36.2 Å². The van der Waals surface area contributed by atoms with Gasteiger partial charge in [0.05, 0.1) is 4.90 Å². The molecule has 1 aliphatic heterocycles. The number of carbonyl (C=O) groups is 1. The number of rotatable bonds is 5. The zero-order valence-corrected chi connectivity index (χ0v) is 16.4. The summed E-state index contributed by atoms with van der Waals surface area (Å²) in [5, 5.41) is 2.80. The quantitative estimate of drug-likeness (QED) is 0.855. The van der Waals surface area contributed by atoms with Crippen LogP contribution in [0.2, 0.25) is 0 Å². The fourth-order valence-electron chi connectivity index (χ4n) is 3.54. The predicted octanol–water partition coefficient (Wildman–Crippen LogP) is 2.68. The number of benzene rings is 1. The van der Waals surface area contributed by atoms with Crippen molar-refractivity contribution >= 4 is 15.9 Å². The summed E-state index contributed by atoms with van der Waals surface area (Å²) in [6, 6.07) is 9.92. The molecule has 1 fully saturated rings. The van der Waals surface area contributed by atoms with Gasteiger partial charge in [-0.25, -0.2) is 8.42 Å². The van der Waals surface area contributed by atoms with Gasteiger partial charge in [0.1, 0.15) is 0 Å². The van der Waals surface area contributed by atoms with E-state index >= 15 is 0 Å². The van der Waals surface area contributed by atoms with Crippen molar-refractivity contribution in [3.8, 4) is 0 Å². The molecule has 1 N–H and O–H groups in total. The van der Waals surface area contributed by atoms with Crippen molar-refractivity contribution in [2.75, 3.05) is 13.1 Å². The van der Waals surface area contributed by atoms with Crippen LogP contribution < -0.4 is 5.32 Å². The largest absolute Gasteiger partial charge is 0.348 e. The molecule has 1 saturated heterocycles. The number of piperidine rings is 1. The predicted molar refractivity (Wildman–Crippen MR) is 104 cm³/mol. The summed E-state index contributed by atoms with van der Waals surface area (Å²) in [5.41, 5.74) is 1.21. The summed E-state index contributed by atoms with van der Waals surface area (Å²) in [7, 11) is -3.61. The van der Waals surface area contributed by atoms with E-state index in [1.54, 1.807) is 41.0 Å². The number of amides is 1. The Morgan fingerprint density at radius 1 is 1.19 bits per heavy atom. The lowest BCUT2D eigenvalue weighted by molar-refractivity contribution is 0.0950. The second-order valence-corrected chi connectivity index (χ2v) is 9.28. The van der Waals surface area contributed by atoms with Gasteiger partial charge in [0, 0.05) is 37.6 Å². The van der Waals surface area contributed by atoms with Crippen molar-refractivity contribution in [1.82, 2.24) is 14.6 Å². The van der Waals surface area contributed by atoms with E-state index in [0.29, 0.717) is 37.0 Å². The molecule has 1 aromatic carbocycles. The van der Waals surface area contributed by atoms with Gasteiger partial charge in [-0.2, -0.15) is 4.31 Å². The van der Waals surface area contributed by atoms with Crippen LogP contribution in [0.3, 0.4) is 0 Å². The molecule has 6 nitrogen and oxygen atoms in total. The first-order chi connectivity index (χ1) is 12.9. The third-order valence-electron chi connectivity index (χ3n) is 4.75. The minimum Gasteiger partial charge on any atom is -0.348 e. The lowest BCUT2D eigenvalue weighted by Gasteiger charge is -2.34. The number of pyridine rings is 1. The molecular formula is C20H25N3O3S. The first-order valence-corrected chi connectivity index (χ1v) is 10.6. The van der Waals surface area contributed by atoms with Crippen LogP contribution in [-0.4, -0.2) is 36.7 Å². The van der Waals surface area contributed by atoms with Gasteiger partial charge in [-0.15, -0.1) is 0 Å². The molecular weight excluding hydrogens is 362 g/mol. The Hall–Kier alpha value is -2.25. The molecule has 144 valence electrons. The van der Waals surface area contributed by atoms with Crippen LogP contribution >= 0.6 is 0 Å². The summed E-state index contributed by atoms with van der Waals surface area (Å²) in [6.07, 6.45) is 4.38. The summed E-state index contributed by atoms with van der Waals surface area (Å²) < 4.78 is 27.6. The van der Waals surface area contributed by atoms with Gasteiger partial charge in [0.2, 0.25) is 10.0 Å². The zero-order valence-electron chi connectivity index (χ0n) is 15.6. The number of nitrogens with one attached hydrogen (secondary N) is 1. The van der Waals surface area contributed by atoms with Crippen molar-refractivity contribution < 1.29 is 13.2 Å². The van der Waals surface area contributed by atoms with Gasteiger partial charge in [0.15, 0.2) is 0 Å². The van der Waals surface area contributed by atoms with Gasteiger partial charge in [0.25, 0.3) is 5.91 Å². The van der Waals surface area contributed by atoms with E-state index < -0.39 is 10.0 Å². The Balaban J connectivity index is 1.75. The molecule has 7 heteroatoms. The monoisotopic (exact) mass is 387 g/mol. The van der Waals surface area contributed by atoms with E-state index in [0.717, 1.165) is 12.0 Å². The Morgan fingerprint density at radius 3 is 2.59 bits per heavy atom. The van der Waals surface area contributed by atoms with E-state index in [2.05, 4.69) is 24.1 Å². The molecule has 0 aliphatic carbocycles. The molecule has 3 rings (SSSR count). The van der Waals surface area contributed by atoms with Crippen LogP contribution in [0.15, 0.2) is 53.7 Å². The molecule has 2 heterocycles. The normalized spacial score (nSPS) is 21.0. The van der Waals surface area contributed by atoms with Crippen molar-refractivity contribution in [3.63, 3.8) is 0 Å². The molecule has 0 bridgehead atoms. The second kappa shape index (κ2) is 8.19. The molecule has 2 atom stereocenters. The number of aromatic nitrogens is 1. The Bertz CT molecular complexity index is 890. The van der Waals surface area contributed by atoms with Crippen LogP contribution in [0.5, 0.6) is 0 Å². The Kier molecular flexibility index (Phi) is 5.92. The van der Waals surface area contributed by atoms with Gasteiger partial charge < -0.3 is 5.32 Å². The topological polar surface area (TPSA) is 79.4 Å². The average Bonchev–Trinajstić information content (AvgIpc) is 2.66. The first-order valence-electron chi connectivity index (χ1n) is 9.13. The molecule has 2 unspecified atom stereocenters. The van der Waals surface area contributed by atoms with Crippen LogP contribution in [0.4, 0.5) is 0 Å². The number of carbonyl (C=O) groups excluding carboxylic acids is 1. The highest BCUT2D eigenvalue weighted by Crippen LogP contribution is 2.27. The van der Waals surface area contributed by atoms with Crippen molar-refractivity contribution in [2.45, 2.75) is 31.7 Å². The highest BCUT2D eigenvalue weighted by molar-refractivity contribution is 7.89. The lowest BCUT2D eigenvalue weighted by atomic mass is 9.94. The lowest BCUT2D eigenvalue weighted by Crippen LogP contribution is -2.42. The number of hydrogen-bond donors (Lipinski definition) is 1. The molecule has 2 aromatic rings. The molecule has 1 aliphatic rings. The maximum Gasteiger partial charge on any atom is 0.251 e. The standard InChI is InChI=1S/C20H25N3O3S/c1-15-9-16(2)14-23(13-15)27(25,26)19-7-3-6-18(10-19)20(24)22-12-17-5-4-8-21-11-17/h3-8,10-11,15-16H,9,12-14H2,1-2H3,(H,22,24). The Labute approximate surface area is 160 Å². The molecule has 1 amide bonds. The van der Waals surface area contributed by atoms with Crippen LogP contribution in [-0.2, 0) is 16.6 Å². The minimum atomic E-state index is -3.61. The van der Waals surface area contributed by atoms with Crippen LogP contribution in [0, 0.1) is 11.8 Å². The SMILES string of the molecule is CC1CC(C)CN(S(=O)(=O)c2cccc(C(=O)NCc3cccnc3)c2)C1. The molecule has 1 aromatic heterocycles. The van der Waals surface area contributed by atoms with E-state index in [1.165, 1.54) is 6.07 Å². The smallest absolute Gasteiger partial charge is 0.251 e. The van der Waals surface area contributed by atoms with E-state index in [-0.39, 0.29) is 10.8 Å². The molecule has 0 saturated carbocycles. The molecule has 0 spiro atoms.